The van der Waals surface area contributed by atoms with Crippen LogP contribution in [0.3, 0.4) is 0 Å². The second-order valence-corrected chi connectivity index (χ2v) is 2.42. The third-order valence-electron chi connectivity index (χ3n) is 0.916. The minimum absolute atomic E-state index is 0.595. The van der Waals surface area contributed by atoms with Crippen molar-refractivity contribution in [3.8, 4) is 6.07 Å². The Kier molecular flexibility index (Phi) is 11.7. The summed E-state index contributed by atoms with van der Waals surface area (Å²) in [7, 11) is 0. The molecule has 0 aromatic heterocycles. The first-order valence-corrected chi connectivity index (χ1v) is 4.60. The van der Waals surface area contributed by atoms with Gasteiger partial charge in [0.25, 0.3) is 0 Å². The van der Waals surface area contributed by atoms with E-state index in [1.54, 1.807) is 12.2 Å². The van der Waals surface area contributed by atoms with Gasteiger partial charge in [0.2, 0.25) is 0 Å². The monoisotopic (exact) mass is 227 g/mol. The molecule has 0 rings (SSSR count). The van der Waals surface area contributed by atoms with Gasteiger partial charge in [0.1, 0.15) is 6.07 Å². The highest BCUT2D eigenvalue weighted by molar-refractivity contribution is 9.12. The fourth-order valence-electron chi connectivity index (χ4n) is 0.444. The Hall–Kier alpha value is -0.810. The first kappa shape index (κ1) is 13.8. The zero-order valence-electron chi connectivity index (χ0n) is 7.76. The zero-order chi connectivity index (χ0) is 9.98. The molecule has 0 aliphatic carbocycles. The van der Waals surface area contributed by atoms with Gasteiger partial charge in [-0.1, -0.05) is 32.6 Å². The molecule has 0 aliphatic heterocycles. The Balaban J connectivity index is 0. The fourth-order valence-corrected chi connectivity index (χ4v) is 0.664. The van der Waals surface area contributed by atoms with Gasteiger partial charge in [0.05, 0.1) is 5.57 Å². The summed E-state index contributed by atoms with van der Waals surface area (Å²) in [5, 5.41) is 8.52. The van der Waals surface area contributed by atoms with Crippen LogP contribution in [0, 0.1) is 11.3 Å². The molecule has 0 N–H and O–H groups in total. The summed E-state index contributed by atoms with van der Waals surface area (Å²) in [6.07, 6.45) is 5.06. The van der Waals surface area contributed by atoms with Crippen LogP contribution in [0.2, 0.25) is 0 Å². The van der Waals surface area contributed by atoms with Crippen LogP contribution in [0.4, 0.5) is 0 Å². The Morgan fingerprint density at radius 2 is 2.00 bits per heavy atom. The van der Waals surface area contributed by atoms with Crippen molar-refractivity contribution in [2.24, 2.45) is 0 Å². The van der Waals surface area contributed by atoms with Crippen molar-refractivity contribution < 1.29 is 0 Å². The van der Waals surface area contributed by atoms with E-state index in [0.29, 0.717) is 5.57 Å². The van der Waals surface area contributed by atoms with Crippen LogP contribution in [0.25, 0.3) is 0 Å². The Labute approximate surface area is 83.2 Å². The normalized spacial score (nSPS) is 10.9. The molecule has 0 spiro atoms. The molecule has 1 nitrogen and oxygen atoms in total. The van der Waals surface area contributed by atoms with E-state index in [1.807, 2.05) is 32.9 Å². The van der Waals surface area contributed by atoms with Crippen LogP contribution in [-0.2, 0) is 0 Å². The molecule has 0 aliphatic rings. The van der Waals surface area contributed by atoms with Gasteiger partial charge in [-0.15, -0.1) is 0 Å². The average Bonchev–Trinajstić information content (AvgIpc) is 2.16. The molecule has 0 amide bonds. The highest BCUT2D eigenvalue weighted by atomic mass is 79.9. The van der Waals surface area contributed by atoms with Crippen molar-refractivity contribution in [1.82, 2.24) is 0 Å². The van der Waals surface area contributed by atoms with E-state index in [0.717, 1.165) is 4.48 Å². The van der Waals surface area contributed by atoms with Crippen molar-refractivity contribution in [2.75, 3.05) is 0 Å². The van der Waals surface area contributed by atoms with E-state index >= 15 is 0 Å². The minimum atomic E-state index is 0.595. The molecule has 0 saturated carbocycles. The topological polar surface area (TPSA) is 23.8 Å². The lowest BCUT2D eigenvalue weighted by Crippen LogP contribution is -1.74. The number of rotatable bonds is 2. The molecule has 66 valence electrons. The molecule has 0 unspecified atom stereocenters. The second kappa shape index (κ2) is 10.2. The molecule has 0 bridgehead atoms. The number of nitrogens with zero attached hydrogens (tertiary/aromatic N) is 1. The van der Waals surface area contributed by atoms with Crippen LogP contribution in [0.5, 0.6) is 0 Å². The second-order valence-electron chi connectivity index (χ2n) is 1.56. The van der Waals surface area contributed by atoms with Crippen molar-refractivity contribution in [3.63, 3.8) is 0 Å². The lowest BCUT2D eigenvalue weighted by atomic mass is 10.2. The molecule has 12 heavy (non-hydrogen) atoms. The summed E-state index contributed by atoms with van der Waals surface area (Å²) >= 11 is 3.23. The van der Waals surface area contributed by atoms with E-state index in [-0.39, 0.29) is 0 Å². The Morgan fingerprint density at radius 3 is 2.25 bits per heavy atom. The molecule has 2 heteroatoms. The van der Waals surface area contributed by atoms with Gasteiger partial charge in [-0.25, -0.2) is 0 Å². The molecule has 0 saturated heterocycles. The first-order chi connectivity index (χ1) is 5.76. The molecule has 0 aromatic rings. The molecule has 0 radical (unpaired) electrons. The van der Waals surface area contributed by atoms with Gasteiger partial charge >= 0.3 is 0 Å². The highest BCUT2D eigenvalue weighted by Gasteiger charge is 1.95. The van der Waals surface area contributed by atoms with Crippen LogP contribution >= 0.6 is 15.9 Å². The molecule has 0 atom stereocenters. The number of hydrogen-bond donors (Lipinski definition) is 0. The third-order valence-corrected chi connectivity index (χ3v) is 1.80. The van der Waals surface area contributed by atoms with E-state index in [9.17, 15) is 0 Å². The van der Waals surface area contributed by atoms with E-state index in [2.05, 4.69) is 22.5 Å². The summed E-state index contributed by atoms with van der Waals surface area (Å²) in [6, 6.07) is 2.03. The largest absolute Gasteiger partial charge is 0.192 e. The van der Waals surface area contributed by atoms with Gasteiger partial charge in [-0.2, -0.15) is 5.26 Å². The maximum Gasteiger partial charge on any atom is 0.100 e. The van der Waals surface area contributed by atoms with Gasteiger partial charge in [0.15, 0.2) is 0 Å². The summed E-state index contributed by atoms with van der Waals surface area (Å²) in [5.41, 5.74) is 0.595. The Morgan fingerprint density at radius 1 is 1.50 bits per heavy atom. The van der Waals surface area contributed by atoms with Crippen molar-refractivity contribution in [2.45, 2.75) is 20.8 Å². The molecule has 0 fully saturated rings. The van der Waals surface area contributed by atoms with Crippen LogP contribution in [-0.4, -0.2) is 0 Å². The van der Waals surface area contributed by atoms with Gasteiger partial charge in [0, 0.05) is 4.48 Å². The van der Waals surface area contributed by atoms with Crippen molar-refractivity contribution in [3.05, 3.63) is 34.9 Å². The van der Waals surface area contributed by atoms with Crippen LogP contribution in [0.1, 0.15) is 20.8 Å². The fraction of sp³-hybridized carbons (Fsp3) is 0.300. The van der Waals surface area contributed by atoms with Gasteiger partial charge in [-0.05, 0) is 28.9 Å². The smallest absolute Gasteiger partial charge is 0.100 e. The van der Waals surface area contributed by atoms with Crippen LogP contribution < -0.4 is 0 Å². The number of allylic oxidation sites excluding steroid dienone is 5. The van der Waals surface area contributed by atoms with E-state index in [1.165, 1.54) is 0 Å². The van der Waals surface area contributed by atoms with Gasteiger partial charge in [-0.3, -0.25) is 0 Å². The number of nitriles is 1. The van der Waals surface area contributed by atoms with Gasteiger partial charge < -0.3 is 0 Å². The quantitative estimate of drug-likeness (QED) is 0.518. The average molecular weight is 228 g/mol. The molecular weight excluding hydrogens is 214 g/mol. The predicted molar refractivity (Wildman–Crippen MR) is 57.9 cm³/mol. The Bertz CT molecular complexity index is 218. The van der Waals surface area contributed by atoms with Crippen molar-refractivity contribution in [1.29, 1.82) is 5.26 Å². The number of hydrogen-bond acceptors (Lipinski definition) is 1. The maximum atomic E-state index is 8.52. The summed E-state index contributed by atoms with van der Waals surface area (Å²) in [4.78, 5) is 0. The summed E-state index contributed by atoms with van der Waals surface area (Å²) in [5.74, 6) is 0. The summed E-state index contributed by atoms with van der Waals surface area (Å²) in [6.45, 7) is 9.35. The standard InChI is InChI=1S/C8H8BrN.C2H6/c1-3-5-7(6-10)8(9)4-2;1-2/h3-5H,1H2,2H3;1-2H3/b7-5-,8-4+;. The maximum absolute atomic E-state index is 8.52. The lowest BCUT2D eigenvalue weighted by Gasteiger charge is -1.90. The zero-order valence-corrected chi connectivity index (χ0v) is 9.35. The van der Waals surface area contributed by atoms with E-state index in [4.69, 9.17) is 5.26 Å². The third kappa shape index (κ3) is 5.94. The van der Waals surface area contributed by atoms with Crippen LogP contribution in [0.15, 0.2) is 34.9 Å². The predicted octanol–water partition coefficient (Wildman–Crippen LogP) is 3.95. The lowest BCUT2D eigenvalue weighted by molar-refractivity contribution is 1.48. The van der Waals surface area contributed by atoms with E-state index < -0.39 is 0 Å². The summed E-state index contributed by atoms with van der Waals surface area (Å²) < 4.78 is 0.801. The minimum Gasteiger partial charge on any atom is -0.192 e. The number of halogens is 1. The molecule has 0 heterocycles. The SMILES string of the molecule is C=C/C=C(C#N)\C(Br)=C/C.CC. The molecule has 0 aromatic carbocycles. The molecular formula is C10H14BrN. The van der Waals surface area contributed by atoms with Crippen molar-refractivity contribution >= 4 is 15.9 Å². The highest BCUT2D eigenvalue weighted by Crippen LogP contribution is 2.15. The first-order valence-electron chi connectivity index (χ1n) is 3.81.